The standard InChI is InChI=1S/C12H27NO/c1-10(2)9-13(11(3)4)7-8-14-12(5)6/h10-12H,7-9H2,1-6H3. The quantitative estimate of drug-likeness (QED) is 0.628. The van der Waals surface area contributed by atoms with Gasteiger partial charge in [0.2, 0.25) is 0 Å². The molecule has 0 aliphatic heterocycles. The summed E-state index contributed by atoms with van der Waals surface area (Å²) in [5, 5.41) is 0. The third-order valence-electron chi connectivity index (χ3n) is 2.16. The first-order chi connectivity index (χ1) is 6.43. The van der Waals surface area contributed by atoms with Crippen molar-refractivity contribution in [2.75, 3.05) is 19.7 Å². The molecule has 0 fully saturated rings. The van der Waals surface area contributed by atoms with E-state index < -0.39 is 0 Å². The highest BCUT2D eigenvalue weighted by molar-refractivity contribution is 4.64. The van der Waals surface area contributed by atoms with Crippen LogP contribution in [0.2, 0.25) is 0 Å². The summed E-state index contributed by atoms with van der Waals surface area (Å²) in [6.45, 7) is 16.3. The van der Waals surface area contributed by atoms with Gasteiger partial charge in [-0.3, -0.25) is 4.90 Å². The molecule has 0 amide bonds. The van der Waals surface area contributed by atoms with Crippen LogP contribution in [0.25, 0.3) is 0 Å². The second kappa shape index (κ2) is 7.24. The molecule has 0 saturated carbocycles. The van der Waals surface area contributed by atoms with E-state index >= 15 is 0 Å². The zero-order chi connectivity index (χ0) is 11.1. The highest BCUT2D eigenvalue weighted by Gasteiger charge is 2.10. The van der Waals surface area contributed by atoms with Gasteiger partial charge < -0.3 is 4.74 Å². The molecule has 0 aromatic rings. The van der Waals surface area contributed by atoms with Gasteiger partial charge in [-0.2, -0.15) is 0 Å². The summed E-state index contributed by atoms with van der Waals surface area (Å²) in [5.41, 5.74) is 0. The Morgan fingerprint density at radius 3 is 1.93 bits per heavy atom. The lowest BCUT2D eigenvalue weighted by Crippen LogP contribution is -2.37. The van der Waals surface area contributed by atoms with Crippen molar-refractivity contribution in [3.8, 4) is 0 Å². The van der Waals surface area contributed by atoms with Gasteiger partial charge in [-0.05, 0) is 33.6 Å². The lowest BCUT2D eigenvalue weighted by molar-refractivity contribution is 0.0493. The minimum absolute atomic E-state index is 0.350. The molecule has 2 nitrogen and oxygen atoms in total. The lowest BCUT2D eigenvalue weighted by Gasteiger charge is -2.28. The maximum absolute atomic E-state index is 5.56. The van der Waals surface area contributed by atoms with Crippen molar-refractivity contribution >= 4 is 0 Å². The van der Waals surface area contributed by atoms with Crippen molar-refractivity contribution in [1.82, 2.24) is 4.90 Å². The summed E-state index contributed by atoms with van der Waals surface area (Å²) in [6, 6.07) is 0.619. The molecule has 14 heavy (non-hydrogen) atoms. The van der Waals surface area contributed by atoms with Crippen LogP contribution >= 0.6 is 0 Å². The van der Waals surface area contributed by atoms with Crippen molar-refractivity contribution in [3.63, 3.8) is 0 Å². The number of hydrogen-bond acceptors (Lipinski definition) is 2. The summed E-state index contributed by atoms with van der Waals surface area (Å²) in [6.07, 6.45) is 0.350. The first kappa shape index (κ1) is 13.9. The molecule has 0 aromatic heterocycles. The van der Waals surface area contributed by atoms with Gasteiger partial charge in [0.15, 0.2) is 0 Å². The van der Waals surface area contributed by atoms with Gasteiger partial charge in [0.25, 0.3) is 0 Å². The van der Waals surface area contributed by atoms with Crippen molar-refractivity contribution in [2.24, 2.45) is 5.92 Å². The maximum Gasteiger partial charge on any atom is 0.0597 e. The van der Waals surface area contributed by atoms with Crippen LogP contribution in [0.15, 0.2) is 0 Å². The molecule has 0 bridgehead atoms. The highest BCUT2D eigenvalue weighted by Crippen LogP contribution is 2.04. The van der Waals surface area contributed by atoms with Crippen LogP contribution in [0.3, 0.4) is 0 Å². The fourth-order valence-corrected chi connectivity index (χ4v) is 1.43. The van der Waals surface area contributed by atoms with Gasteiger partial charge in [0, 0.05) is 19.1 Å². The molecule has 0 radical (unpaired) electrons. The topological polar surface area (TPSA) is 12.5 Å². The fourth-order valence-electron chi connectivity index (χ4n) is 1.43. The van der Waals surface area contributed by atoms with Crippen LogP contribution in [0, 0.1) is 5.92 Å². The molecule has 0 rings (SSSR count). The Bertz CT molecular complexity index is 132. The fraction of sp³-hybridized carbons (Fsp3) is 1.00. The summed E-state index contributed by atoms with van der Waals surface area (Å²) < 4.78 is 5.56. The van der Waals surface area contributed by atoms with E-state index in [9.17, 15) is 0 Å². The van der Waals surface area contributed by atoms with Crippen molar-refractivity contribution in [2.45, 2.75) is 53.7 Å². The van der Waals surface area contributed by atoms with Crippen LogP contribution < -0.4 is 0 Å². The van der Waals surface area contributed by atoms with Crippen LogP contribution in [0.5, 0.6) is 0 Å². The van der Waals surface area contributed by atoms with Crippen molar-refractivity contribution < 1.29 is 4.74 Å². The molecule has 0 aliphatic carbocycles. The van der Waals surface area contributed by atoms with Gasteiger partial charge in [-0.15, -0.1) is 0 Å². The lowest BCUT2D eigenvalue weighted by atomic mass is 10.2. The van der Waals surface area contributed by atoms with Gasteiger partial charge in [-0.1, -0.05) is 13.8 Å². The van der Waals surface area contributed by atoms with Crippen LogP contribution in [-0.2, 0) is 4.74 Å². The smallest absolute Gasteiger partial charge is 0.0597 e. The molecule has 0 spiro atoms. The predicted octanol–water partition coefficient (Wildman–Crippen LogP) is 2.78. The summed E-state index contributed by atoms with van der Waals surface area (Å²) in [5.74, 6) is 0.733. The Balaban J connectivity index is 3.74. The number of nitrogens with zero attached hydrogens (tertiary/aromatic N) is 1. The Morgan fingerprint density at radius 1 is 1.00 bits per heavy atom. The van der Waals surface area contributed by atoms with Crippen LogP contribution in [-0.4, -0.2) is 36.7 Å². The first-order valence-corrected chi connectivity index (χ1v) is 5.79. The van der Waals surface area contributed by atoms with Gasteiger partial charge >= 0.3 is 0 Å². The molecular weight excluding hydrogens is 174 g/mol. The van der Waals surface area contributed by atoms with Crippen LogP contribution in [0.1, 0.15) is 41.5 Å². The Kier molecular flexibility index (Phi) is 7.20. The van der Waals surface area contributed by atoms with Gasteiger partial charge in [-0.25, -0.2) is 0 Å². The van der Waals surface area contributed by atoms with Crippen molar-refractivity contribution in [3.05, 3.63) is 0 Å². The molecule has 0 atom stereocenters. The van der Waals surface area contributed by atoms with E-state index in [2.05, 4.69) is 46.4 Å². The normalized spacial score (nSPS) is 12.4. The summed E-state index contributed by atoms with van der Waals surface area (Å²) in [4.78, 5) is 2.48. The monoisotopic (exact) mass is 201 g/mol. The molecule has 2 heteroatoms. The Morgan fingerprint density at radius 2 is 1.57 bits per heavy atom. The third-order valence-corrected chi connectivity index (χ3v) is 2.16. The predicted molar refractivity (Wildman–Crippen MR) is 62.6 cm³/mol. The molecule has 0 N–H and O–H groups in total. The minimum atomic E-state index is 0.350. The average molecular weight is 201 g/mol. The molecule has 0 saturated heterocycles. The number of ether oxygens (including phenoxy) is 1. The third kappa shape index (κ3) is 7.34. The maximum atomic E-state index is 5.56. The zero-order valence-electron chi connectivity index (χ0n) is 10.7. The SMILES string of the molecule is CC(C)CN(CCOC(C)C)C(C)C. The minimum Gasteiger partial charge on any atom is -0.377 e. The van der Waals surface area contributed by atoms with Gasteiger partial charge in [0.05, 0.1) is 12.7 Å². The molecular formula is C12H27NO. The zero-order valence-corrected chi connectivity index (χ0v) is 10.7. The average Bonchev–Trinajstić information content (AvgIpc) is 2.00. The Labute approximate surface area is 89.6 Å². The van der Waals surface area contributed by atoms with E-state index in [0.717, 1.165) is 19.1 Å². The van der Waals surface area contributed by atoms with E-state index in [0.29, 0.717) is 12.1 Å². The van der Waals surface area contributed by atoms with E-state index in [1.54, 1.807) is 0 Å². The summed E-state index contributed by atoms with van der Waals surface area (Å²) >= 11 is 0. The molecule has 86 valence electrons. The van der Waals surface area contributed by atoms with E-state index in [4.69, 9.17) is 4.74 Å². The van der Waals surface area contributed by atoms with E-state index in [1.807, 2.05) is 0 Å². The largest absolute Gasteiger partial charge is 0.377 e. The molecule has 0 heterocycles. The van der Waals surface area contributed by atoms with E-state index in [-0.39, 0.29) is 0 Å². The second-order valence-corrected chi connectivity index (χ2v) is 4.90. The molecule has 0 aromatic carbocycles. The first-order valence-electron chi connectivity index (χ1n) is 5.79. The molecule has 0 unspecified atom stereocenters. The van der Waals surface area contributed by atoms with Crippen molar-refractivity contribution in [1.29, 1.82) is 0 Å². The highest BCUT2D eigenvalue weighted by atomic mass is 16.5. The summed E-state index contributed by atoms with van der Waals surface area (Å²) in [7, 11) is 0. The number of hydrogen-bond donors (Lipinski definition) is 0. The van der Waals surface area contributed by atoms with Crippen LogP contribution in [0.4, 0.5) is 0 Å². The van der Waals surface area contributed by atoms with Gasteiger partial charge in [0.1, 0.15) is 0 Å². The Hall–Kier alpha value is -0.0800. The second-order valence-electron chi connectivity index (χ2n) is 4.90. The number of rotatable bonds is 7. The van der Waals surface area contributed by atoms with E-state index in [1.165, 1.54) is 6.54 Å². The molecule has 0 aliphatic rings.